The molecule has 0 bridgehead atoms. The molecule has 7 nitrogen and oxygen atoms in total. The predicted molar refractivity (Wildman–Crippen MR) is 104 cm³/mol. The lowest BCUT2D eigenvalue weighted by atomic mass is 10.1. The van der Waals surface area contributed by atoms with E-state index in [9.17, 15) is 14.4 Å². The second kappa shape index (κ2) is 9.96. The van der Waals surface area contributed by atoms with E-state index in [1.165, 1.54) is 0 Å². The Labute approximate surface area is 158 Å². The average Bonchev–Trinajstić information content (AvgIpc) is 2.66. The molecule has 2 aromatic carbocycles. The Morgan fingerprint density at radius 1 is 0.963 bits per heavy atom. The number of hydrogen-bond acceptors (Lipinski definition) is 4. The van der Waals surface area contributed by atoms with E-state index in [1.807, 2.05) is 44.2 Å². The molecule has 0 aliphatic heterocycles. The molecule has 0 atom stereocenters. The van der Waals surface area contributed by atoms with E-state index in [-0.39, 0.29) is 12.5 Å². The van der Waals surface area contributed by atoms with Gasteiger partial charge in [0.2, 0.25) is 5.91 Å². The van der Waals surface area contributed by atoms with Gasteiger partial charge in [-0.15, -0.1) is 0 Å². The highest BCUT2D eigenvalue weighted by Crippen LogP contribution is 2.16. The van der Waals surface area contributed by atoms with Crippen molar-refractivity contribution in [2.24, 2.45) is 0 Å². The van der Waals surface area contributed by atoms with Crippen molar-refractivity contribution in [3.8, 4) is 0 Å². The number of urea groups is 1. The fourth-order valence-electron chi connectivity index (χ4n) is 2.39. The van der Waals surface area contributed by atoms with Gasteiger partial charge in [0.05, 0.1) is 6.54 Å². The first-order valence-electron chi connectivity index (χ1n) is 8.74. The third-order valence-electron chi connectivity index (χ3n) is 3.83. The zero-order chi connectivity index (χ0) is 19.6. The van der Waals surface area contributed by atoms with Gasteiger partial charge in [0, 0.05) is 24.3 Å². The standard InChI is InChI=1S/C20H24N4O3/c1-3-21-19(26)16-10-9-14(2)17(11-16)22-13-18(25)24-20(27)23-12-15-7-5-4-6-8-15/h4-11,22H,3,12-13H2,1-2H3,(H,21,26)(H2,23,24,25,27). The maximum Gasteiger partial charge on any atom is 0.321 e. The van der Waals surface area contributed by atoms with Gasteiger partial charge in [-0.05, 0) is 37.1 Å². The molecule has 0 aromatic heterocycles. The first-order chi connectivity index (χ1) is 13.0. The summed E-state index contributed by atoms with van der Waals surface area (Å²) >= 11 is 0. The Morgan fingerprint density at radius 3 is 2.41 bits per heavy atom. The normalized spacial score (nSPS) is 10.0. The third kappa shape index (κ3) is 6.47. The number of benzene rings is 2. The first-order valence-corrected chi connectivity index (χ1v) is 8.74. The smallest absolute Gasteiger partial charge is 0.321 e. The summed E-state index contributed by atoms with van der Waals surface area (Å²) in [6, 6.07) is 14.1. The van der Waals surface area contributed by atoms with Crippen LogP contribution in [0, 0.1) is 6.92 Å². The van der Waals surface area contributed by atoms with Gasteiger partial charge in [0.25, 0.3) is 5.91 Å². The maximum atomic E-state index is 12.0. The van der Waals surface area contributed by atoms with Crippen LogP contribution >= 0.6 is 0 Å². The lowest BCUT2D eigenvalue weighted by Crippen LogP contribution is -2.41. The number of rotatable bonds is 7. The minimum atomic E-state index is -0.557. The molecule has 2 rings (SSSR count). The van der Waals surface area contributed by atoms with E-state index >= 15 is 0 Å². The highest BCUT2D eigenvalue weighted by molar-refractivity contribution is 5.97. The minimum absolute atomic E-state index is 0.0849. The first kappa shape index (κ1) is 20.0. The van der Waals surface area contributed by atoms with Crippen LogP contribution in [-0.4, -0.2) is 30.9 Å². The molecule has 0 saturated carbocycles. The van der Waals surface area contributed by atoms with Crippen molar-refractivity contribution in [2.75, 3.05) is 18.4 Å². The molecular weight excluding hydrogens is 344 g/mol. The van der Waals surface area contributed by atoms with E-state index in [1.54, 1.807) is 18.2 Å². The van der Waals surface area contributed by atoms with Gasteiger partial charge in [-0.25, -0.2) is 4.79 Å². The average molecular weight is 368 g/mol. The van der Waals surface area contributed by atoms with Crippen LogP contribution in [0.5, 0.6) is 0 Å². The molecule has 4 amide bonds. The summed E-state index contributed by atoms with van der Waals surface area (Å²) in [7, 11) is 0. The van der Waals surface area contributed by atoms with Crippen molar-refractivity contribution >= 4 is 23.5 Å². The Hall–Kier alpha value is -3.35. The molecule has 27 heavy (non-hydrogen) atoms. The van der Waals surface area contributed by atoms with Crippen molar-refractivity contribution in [2.45, 2.75) is 20.4 Å². The van der Waals surface area contributed by atoms with Crippen LogP contribution in [0.25, 0.3) is 0 Å². The van der Waals surface area contributed by atoms with Gasteiger partial charge in [-0.1, -0.05) is 36.4 Å². The predicted octanol–water partition coefficient (Wildman–Crippen LogP) is 2.18. The molecule has 0 aliphatic rings. The van der Waals surface area contributed by atoms with Crippen molar-refractivity contribution in [3.05, 3.63) is 65.2 Å². The van der Waals surface area contributed by atoms with Crippen molar-refractivity contribution < 1.29 is 14.4 Å². The van der Waals surface area contributed by atoms with E-state index in [0.29, 0.717) is 24.3 Å². The number of aryl methyl sites for hydroxylation is 1. The van der Waals surface area contributed by atoms with Gasteiger partial charge in [-0.3, -0.25) is 14.9 Å². The number of carbonyl (C=O) groups excluding carboxylic acids is 3. The Kier molecular flexibility index (Phi) is 7.37. The van der Waals surface area contributed by atoms with Crippen LogP contribution in [-0.2, 0) is 11.3 Å². The van der Waals surface area contributed by atoms with Crippen LogP contribution in [0.4, 0.5) is 10.5 Å². The topological polar surface area (TPSA) is 99.3 Å². The Balaban J connectivity index is 1.83. The van der Waals surface area contributed by atoms with Gasteiger partial charge in [0.1, 0.15) is 0 Å². The quantitative estimate of drug-likeness (QED) is 0.602. The van der Waals surface area contributed by atoms with Crippen LogP contribution in [0.15, 0.2) is 48.5 Å². The fourth-order valence-corrected chi connectivity index (χ4v) is 2.39. The van der Waals surface area contributed by atoms with Crippen molar-refractivity contribution in [1.82, 2.24) is 16.0 Å². The minimum Gasteiger partial charge on any atom is -0.376 e. The molecule has 0 spiro atoms. The second-order valence-corrected chi connectivity index (χ2v) is 5.96. The van der Waals surface area contributed by atoms with E-state index in [2.05, 4.69) is 21.3 Å². The lowest BCUT2D eigenvalue weighted by Gasteiger charge is -2.12. The van der Waals surface area contributed by atoms with E-state index in [0.717, 1.165) is 11.1 Å². The molecule has 2 aromatic rings. The molecular formula is C20H24N4O3. The molecule has 4 N–H and O–H groups in total. The van der Waals surface area contributed by atoms with Crippen LogP contribution in [0.3, 0.4) is 0 Å². The van der Waals surface area contributed by atoms with Gasteiger partial charge in [-0.2, -0.15) is 0 Å². The lowest BCUT2D eigenvalue weighted by molar-refractivity contribution is -0.118. The molecule has 0 saturated heterocycles. The summed E-state index contributed by atoms with van der Waals surface area (Å²) in [5.74, 6) is -0.645. The summed E-state index contributed by atoms with van der Waals surface area (Å²) in [5.41, 5.74) is 3.00. The fraction of sp³-hybridized carbons (Fsp3) is 0.250. The van der Waals surface area contributed by atoms with Crippen LogP contribution in [0.1, 0.15) is 28.4 Å². The SMILES string of the molecule is CCNC(=O)c1ccc(C)c(NCC(=O)NC(=O)NCc2ccccc2)c1. The zero-order valence-electron chi connectivity index (χ0n) is 15.5. The molecule has 0 unspecified atom stereocenters. The largest absolute Gasteiger partial charge is 0.376 e. The number of anilines is 1. The Morgan fingerprint density at radius 2 is 1.70 bits per heavy atom. The highest BCUT2D eigenvalue weighted by atomic mass is 16.2. The summed E-state index contributed by atoms with van der Waals surface area (Å²) in [6.45, 7) is 4.50. The van der Waals surface area contributed by atoms with Gasteiger partial charge in [0.15, 0.2) is 0 Å². The summed E-state index contributed by atoms with van der Waals surface area (Å²) < 4.78 is 0. The molecule has 0 heterocycles. The molecule has 7 heteroatoms. The molecule has 0 radical (unpaired) electrons. The van der Waals surface area contributed by atoms with E-state index in [4.69, 9.17) is 0 Å². The number of nitrogens with one attached hydrogen (secondary N) is 4. The summed E-state index contributed by atoms with van der Waals surface area (Å²) in [6.07, 6.45) is 0. The maximum absolute atomic E-state index is 12.0. The van der Waals surface area contributed by atoms with Crippen LogP contribution < -0.4 is 21.3 Å². The Bertz CT molecular complexity index is 806. The van der Waals surface area contributed by atoms with Crippen LogP contribution in [0.2, 0.25) is 0 Å². The monoisotopic (exact) mass is 368 g/mol. The second-order valence-electron chi connectivity index (χ2n) is 5.96. The number of imide groups is 1. The number of carbonyl (C=O) groups is 3. The number of amides is 4. The number of hydrogen-bond donors (Lipinski definition) is 4. The molecule has 142 valence electrons. The van der Waals surface area contributed by atoms with Crippen molar-refractivity contribution in [3.63, 3.8) is 0 Å². The third-order valence-corrected chi connectivity index (χ3v) is 3.83. The van der Waals surface area contributed by atoms with Gasteiger partial charge < -0.3 is 16.0 Å². The molecule has 0 fully saturated rings. The molecule has 0 aliphatic carbocycles. The van der Waals surface area contributed by atoms with E-state index < -0.39 is 11.9 Å². The summed E-state index contributed by atoms with van der Waals surface area (Å²) in [4.78, 5) is 35.7. The van der Waals surface area contributed by atoms with Crippen molar-refractivity contribution in [1.29, 1.82) is 0 Å². The zero-order valence-corrected chi connectivity index (χ0v) is 15.5. The van der Waals surface area contributed by atoms with Gasteiger partial charge >= 0.3 is 6.03 Å². The highest BCUT2D eigenvalue weighted by Gasteiger charge is 2.10. The summed E-state index contributed by atoms with van der Waals surface area (Å²) in [5, 5.41) is 10.6.